The average Bonchev–Trinajstić information content (AvgIpc) is 3.86. The van der Waals surface area contributed by atoms with Gasteiger partial charge in [-0.1, -0.05) is 142 Å². The lowest BCUT2D eigenvalue weighted by Crippen LogP contribution is -2.28. The van der Waals surface area contributed by atoms with Crippen LogP contribution in [0.25, 0.3) is 83.4 Å². The van der Waals surface area contributed by atoms with Crippen LogP contribution in [0.3, 0.4) is 0 Å². The average molecular weight is 749 g/mol. The first-order chi connectivity index (χ1) is 28.5. The number of benzene rings is 6. The van der Waals surface area contributed by atoms with E-state index in [-0.39, 0.29) is 10.8 Å². The molecule has 8 aromatic rings. The monoisotopic (exact) mass is 748 g/mol. The van der Waals surface area contributed by atoms with Gasteiger partial charge in [0, 0.05) is 38.3 Å². The lowest BCUT2D eigenvalue weighted by Gasteiger charge is -2.36. The normalized spacial score (nSPS) is 17.0. The van der Waals surface area contributed by atoms with E-state index in [0.717, 1.165) is 68.7 Å². The van der Waals surface area contributed by atoms with Gasteiger partial charge >= 0.3 is 0 Å². The Kier molecular flexibility index (Phi) is 7.33. The van der Waals surface area contributed by atoms with Gasteiger partial charge in [-0.3, -0.25) is 0 Å². The molecule has 2 heterocycles. The van der Waals surface area contributed by atoms with Gasteiger partial charge in [0.1, 0.15) is 11.2 Å². The van der Waals surface area contributed by atoms with Crippen molar-refractivity contribution in [2.45, 2.75) is 69.6 Å². The maximum Gasteiger partial charge on any atom is 0.160 e. The van der Waals surface area contributed by atoms with E-state index in [1.54, 1.807) is 11.1 Å². The topological polar surface area (TPSA) is 38.9 Å². The molecule has 1 spiro atoms. The third-order valence-corrected chi connectivity index (χ3v) is 13.9. The number of hydrogen-bond acceptors (Lipinski definition) is 3. The Hall–Kier alpha value is -6.32. The van der Waals surface area contributed by atoms with Crippen molar-refractivity contribution >= 4 is 27.5 Å². The molecule has 4 aliphatic rings. The van der Waals surface area contributed by atoms with E-state index in [0.29, 0.717) is 0 Å². The van der Waals surface area contributed by atoms with E-state index in [1.165, 1.54) is 76.6 Å². The van der Waals surface area contributed by atoms with Crippen LogP contribution in [-0.2, 0) is 10.8 Å². The summed E-state index contributed by atoms with van der Waals surface area (Å²) in [6.07, 6.45) is 15.1. The lowest BCUT2D eigenvalue weighted by atomic mass is 9.67. The molecule has 0 N–H and O–H groups in total. The highest BCUT2D eigenvalue weighted by molar-refractivity contribution is 6.06. The number of rotatable bonds is 4. The molecule has 0 bridgehead atoms. The van der Waals surface area contributed by atoms with Gasteiger partial charge in [0.05, 0.1) is 11.4 Å². The molecular weight excluding hydrogens is 705 g/mol. The molecule has 3 heteroatoms. The van der Waals surface area contributed by atoms with E-state index < -0.39 is 0 Å². The summed E-state index contributed by atoms with van der Waals surface area (Å²) >= 11 is 0. The number of nitrogens with zero attached hydrogens (tertiary/aromatic N) is 2. The Morgan fingerprint density at radius 3 is 2.07 bits per heavy atom. The predicted octanol–water partition coefficient (Wildman–Crippen LogP) is 14.6. The fourth-order valence-electron chi connectivity index (χ4n) is 11.0. The van der Waals surface area contributed by atoms with Gasteiger partial charge in [-0.25, -0.2) is 9.97 Å². The van der Waals surface area contributed by atoms with E-state index >= 15 is 0 Å². The van der Waals surface area contributed by atoms with Crippen LogP contribution in [0.1, 0.15) is 86.9 Å². The highest BCUT2D eigenvalue weighted by Gasteiger charge is 2.46. The fourth-order valence-corrected chi connectivity index (χ4v) is 11.0. The summed E-state index contributed by atoms with van der Waals surface area (Å²) in [6, 6.07) is 47.3. The molecule has 3 nitrogen and oxygen atoms in total. The molecule has 2 aromatic heterocycles. The molecule has 280 valence electrons. The number of furan rings is 1. The number of para-hydroxylation sites is 1. The molecule has 12 rings (SSSR count). The minimum atomic E-state index is -0.103. The fraction of sp³-hybridized carbons (Fsp3) is 0.200. The van der Waals surface area contributed by atoms with Gasteiger partial charge < -0.3 is 4.42 Å². The second kappa shape index (κ2) is 12.6. The van der Waals surface area contributed by atoms with Gasteiger partial charge in [0.2, 0.25) is 0 Å². The molecule has 0 unspecified atom stereocenters. The Bertz CT molecular complexity index is 3060. The van der Waals surface area contributed by atoms with Crippen LogP contribution >= 0.6 is 0 Å². The third-order valence-electron chi connectivity index (χ3n) is 13.9. The van der Waals surface area contributed by atoms with Crippen LogP contribution in [0.15, 0.2) is 150 Å². The van der Waals surface area contributed by atoms with Crippen molar-refractivity contribution in [1.29, 1.82) is 0 Å². The van der Waals surface area contributed by atoms with Gasteiger partial charge in [-0.2, -0.15) is 0 Å². The SMILES string of the molecule is CC1(C)c2cc3c(cc2-c2c(-c4ccc(-c5cc(-c6ccc7c(c6)oc6ccccc67)nc(C6=CCCC=C6)n5)cc4)cccc21)C1(CCCCC1)c1ccccc1-3. The Morgan fingerprint density at radius 2 is 1.22 bits per heavy atom. The smallest absolute Gasteiger partial charge is 0.160 e. The first-order valence-corrected chi connectivity index (χ1v) is 21.2. The molecule has 4 aliphatic carbocycles. The highest BCUT2D eigenvalue weighted by atomic mass is 16.3. The first-order valence-electron chi connectivity index (χ1n) is 21.2. The van der Waals surface area contributed by atoms with Crippen molar-refractivity contribution in [3.05, 3.63) is 174 Å². The van der Waals surface area contributed by atoms with Gasteiger partial charge in [0.15, 0.2) is 5.82 Å². The molecule has 0 saturated heterocycles. The van der Waals surface area contributed by atoms with Crippen molar-refractivity contribution in [3.63, 3.8) is 0 Å². The zero-order valence-electron chi connectivity index (χ0n) is 33.1. The van der Waals surface area contributed by atoms with Gasteiger partial charge in [-0.05, 0) is 118 Å². The van der Waals surface area contributed by atoms with Crippen LogP contribution in [-0.4, -0.2) is 9.97 Å². The van der Waals surface area contributed by atoms with Crippen LogP contribution in [0, 0.1) is 0 Å². The van der Waals surface area contributed by atoms with Crippen molar-refractivity contribution in [3.8, 4) is 55.9 Å². The minimum Gasteiger partial charge on any atom is -0.456 e. The van der Waals surface area contributed by atoms with Crippen molar-refractivity contribution < 1.29 is 4.42 Å². The van der Waals surface area contributed by atoms with Crippen LogP contribution in [0.2, 0.25) is 0 Å². The summed E-state index contributed by atoms with van der Waals surface area (Å²) in [6.45, 7) is 4.84. The number of aromatic nitrogens is 2. The Morgan fingerprint density at radius 1 is 0.517 bits per heavy atom. The summed E-state index contributed by atoms with van der Waals surface area (Å²) in [5.41, 5.74) is 20.9. The van der Waals surface area contributed by atoms with Gasteiger partial charge in [-0.15, -0.1) is 0 Å². The van der Waals surface area contributed by atoms with E-state index in [4.69, 9.17) is 14.4 Å². The van der Waals surface area contributed by atoms with Crippen molar-refractivity contribution in [2.24, 2.45) is 0 Å². The minimum absolute atomic E-state index is 0.103. The summed E-state index contributed by atoms with van der Waals surface area (Å²) in [5.74, 6) is 0.752. The van der Waals surface area contributed by atoms with Gasteiger partial charge in [0.25, 0.3) is 0 Å². The molecule has 6 aromatic carbocycles. The van der Waals surface area contributed by atoms with Crippen LogP contribution < -0.4 is 0 Å². The largest absolute Gasteiger partial charge is 0.456 e. The summed E-state index contributed by atoms with van der Waals surface area (Å²) in [5, 5.41) is 2.24. The first kappa shape index (κ1) is 33.8. The van der Waals surface area contributed by atoms with E-state index in [9.17, 15) is 0 Å². The molecule has 0 atom stereocenters. The summed E-state index contributed by atoms with van der Waals surface area (Å²) in [4.78, 5) is 10.3. The molecule has 58 heavy (non-hydrogen) atoms. The Labute approximate surface area is 339 Å². The number of allylic oxidation sites excluding steroid dienone is 4. The third kappa shape index (κ3) is 4.92. The molecular formula is C55H44N2O. The Balaban J connectivity index is 0.964. The molecule has 0 amide bonds. The zero-order chi connectivity index (χ0) is 38.6. The van der Waals surface area contributed by atoms with Crippen LogP contribution in [0.5, 0.6) is 0 Å². The maximum absolute atomic E-state index is 6.30. The second-order valence-corrected chi connectivity index (χ2v) is 17.5. The molecule has 0 radical (unpaired) electrons. The second-order valence-electron chi connectivity index (χ2n) is 17.5. The molecule has 1 fully saturated rings. The van der Waals surface area contributed by atoms with E-state index in [2.05, 4.69) is 147 Å². The molecule has 0 aliphatic heterocycles. The summed E-state index contributed by atoms with van der Waals surface area (Å²) in [7, 11) is 0. The molecule has 1 saturated carbocycles. The quantitative estimate of drug-likeness (QED) is 0.180. The highest BCUT2D eigenvalue weighted by Crippen LogP contribution is 2.60. The maximum atomic E-state index is 6.30. The van der Waals surface area contributed by atoms with E-state index in [1.807, 2.05) is 12.1 Å². The lowest BCUT2D eigenvalue weighted by molar-refractivity contribution is 0.353. The number of fused-ring (bicyclic) bond motifs is 11. The number of hydrogen-bond donors (Lipinski definition) is 0. The predicted molar refractivity (Wildman–Crippen MR) is 239 cm³/mol. The summed E-state index contributed by atoms with van der Waals surface area (Å²) < 4.78 is 6.30. The van der Waals surface area contributed by atoms with Crippen LogP contribution in [0.4, 0.5) is 0 Å². The van der Waals surface area contributed by atoms with Crippen molar-refractivity contribution in [2.75, 3.05) is 0 Å². The standard InChI is InChI=1S/C55H44N2O/c1-54(2)45-20-13-18-38(52(45)43-32-47-42(31-46(43)54)39-16-7-9-19-44(39)55(47)28-11-4-12-29-55)34-22-24-35(25-23-34)48-33-49(57-53(56-48)36-14-5-3-6-15-36)37-26-27-41-40-17-8-10-21-50(40)58-51(41)30-37/h5,7-10,13-27,30-33H,3-4,6,11-12,28-29H2,1-2H3. The zero-order valence-corrected chi connectivity index (χ0v) is 33.1. The van der Waals surface area contributed by atoms with Crippen molar-refractivity contribution in [1.82, 2.24) is 9.97 Å².